The molecule has 0 saturated heterocycles. The highest BCUT2D eigenvalue weighted by Crippen LogP contribution is 2.05. The number of aliphatic hydroxyl groups excluding tert-OH is 1. The zero-order valence-electron chi connectivity index (χ0n) is 11.5. The van der Waals surface area contributed by atoms with Crippen molar-refractivity contribution in [2.45, 2.75) is 45.0 Å². The second-order valence-corrected chi connectivity index (χ2v) is 4.02. The van der Waals surface area contributed by atoms with Gasteiger partial charge in [-0.25, -0.2) is 0 Å². The van der Waals surface area contributed by atoms with Gasteiger partial charge in [0.1, 0.15) is 6.61 Å². The van der Waals surface area contributed by atoms with E-state index in [0.29, 0.717) is 12.8 Å². The molecule has 1 amide bonds. The summed E-state index contributed by atoms with van der Waals surface area (Å²) in [6.45, 7) is 1.69. The fourth-order valence-electron chi connectivity index (χ4n) is 1.29. The zero-order chi connectivity index (χ0) is 14.7. The second kappa shape index (κ2) is 10.7. The van der Waals surface area contributed by atoms with E-state index in [1.165, 1.54) is 7.11 Å². The number of methoxy groups -OCH3 is 1. The highest BCUT2D eigenvalue weighted by molar-refractivity contribution is 5.75. The van der Waals surface area contributed by atoms with Gasteiger partial charge in [0.25, 0.3) is 0 Å². The molecule has 0 saturated carbocycles. The Kier molecular flexibility index (Phi) is 10.1. The number of nitrogens with two attached hydrogens (primary N) is 1. The molecule has 2 unspecified atom stereocenters. The van der Waals surface area contributed by atoms with Crippen molar-refractivity contribution in [2.75, 3.05) is 20.3 Å². The Labute approximate surface area is 113 Å². The molecule has 0 bridgehead atoms. The van der Waals surface area contributed by atoms with Crippen LogP contribution in [0.1, 0.15) is 32.6 Å². The van der Waals surface area contributed by atoms with Gasteiger partial charge in [0, 0.05) is 20.0 Å². The summed E-state index contributed by atoms with van der Waals surface area (Å²) in [5.41, 5.74) is 4.95. The minimum Gasteiger partial charge on any atom is -0.460 e. The van der Waals surface area contributed by atoms with E-state index in [1.807, 2.05) is 6.92 Å². The van der Waals surface area contributed by atoms with Gasteiger partial charge in [-0.05, 0) is 12.8 Å². The number of amides is 1. The molecule has 0 aromatic rings. The van der Waals surface area contributed by atoms with Crippen LogP contribution in [0.15, 0.2) is 0 Å². The molecular weight excluding hydrogens is 254 g/mol. The van der Waals surface area contributed by atoms with E-state index >= 15 is 0 Å². The first-order valence-corrected chi connectivity index (χ1v) is 6.26. The molecule has 7 nitrogen and oxygen atoms in total. The Morgan fingerprint density at radius 3 is 2.47 bits per heavy atom. The highest BCUT2D eigenvalue weighted by atomic mass is 16.7. The van der Waals surface area contributed by atoms with Crippen molar-refractivity contribution >= 4 is 11.9 Å². The third-order valence-electron chi connectivity index (χ3n) is 2.45. The Hall–Kier alpha value is -1.18. The number of aliphatic hydroxyl groups is 1. The summed E-state index contributed by atoms with van der Waals surface area (Å²) < 4.78 is 15.3. The Balaban J connectivity index is 3.86. The maximum absolute atomic E-state index is 11.3. The van der Waals surface area contributed by atoms with Crippen LogP contribution in [-0.4, -0.2) is 49.7 Å². The normalized spacial score (nSPS) is 13.8. The largest absolute Gasteiger partial charge is 0.460 e. The molecule has 2 atom stereocenters. The topological polar surface area (TPSA) is 108 Å². The van der Waals surface area contributed by atoms with Gasteiger partial charge in [0.15, 0.2) is 6.29 Å². The molecule has 0 aromatic heterocycles. The first-order valence-electron chi connectivity index (χ1n) is 6.26. The molecule has 112 valence electrons. The van der Waals surface area contributed by atoms with Crippen molar-refractivity contribution in [3.63, 3.8) is 0 Å². The standard InChI is InChI=1S/C12H23NO6/c1-3-9(7-14)19-12(17-2)8-18-11(16)6-4-5-10(13)15/h9,12,14H,3-8H2,1-2H3,(H2,13,15). The van der Waals surface area contributed by atoms with Crippen LogP contribution in [0.2, 0.25) is 0 Å². The van der Waals surface area contributed by atoms with Gasteiger partial charge in [0.2, 0.25) is 5.91 Å². The van der Waals surface area contributed by atoms with Gasteiger partial charge in [-0.15, -0.1) is 0 Å². The molecule has 0 rings (SSSR count). The van der Waals surface area contributed by atoms with E-state index < -0.39 is 18.2 Å². The summed E-state index contributed by atoms with van der Waals surface area (Å²) in [5, 5.41) is 8.98. The van der Waals surface area contributed by atoms with Crippen LogP contribution in [0.4, 0.5) is 0 Å². The summed E-state index contributed by atoms with van der Waals surface area (Å²) in [4.78, 5) is 21.8. The van der Waals surface area contributed by atoms with Gasteiger partial charge in [-0.2, -0.15) is 0 Å². The van der Waals surface area contributed by atoms with E-state index in [-0.39, 0.29) is 32.2 Å². The van der Waals surface area contributed by atoms with E-state index in [9.17, 15) is 9.59 Å². The van der Waals surface area contributed by atoms with Crippen LogP contribution in [0.25, 0.3) is 0 Å². The summed E-state index contributed by atoms with van der Waals surface area (Å²) in [7, 11) is 1.43. The lowest BCUT2D eigenvalue weighted by atomic mass is 10.2. The predicted octanol–water partition coefficient (Wildman–Crippen LogP) is -0.0548. The van der Waals surface area contributed by atoms with Crippen LogP contribution in [0, 0.1) is 0 Å². The van der Waals surface area contributed by atoms with E-state index in [4.69, 9.17) is 25.1 Å². The average Bonchev–Trinajstić information content (AvgIpc) is 2.38. The van der Waals surface area contributed by atoms with Crippen molar-refractivity contribution in [2.24, 2.45) is 5.73 Å². The molecule has 7 heteroatoms. The van der Waals surface area contributed by atoms with Gasteiger partial charge in [-0.3, -0.25) is 9.59 Å². The Morgan fingerprint density at radius 2 is 2.00 bits per heavy atom. The van der Waals surface area contributed by atoms with Crippen LogP contribution >= 0.6 is 0 Å². The summed E-state index contributed by atoms with van der Waals surface area (Å²) in [6.07, 6.45) is 0.206. The summed E-state index contributed by atoms with van der Waals surface area (Å²) in [5.74, 6) is -0.886. The molecule has 0 fully saturated rings. The van der Waals surface area contributed by atoms with Gasteiger partial charge < -0.3 is 25.1 Å². The number of carbonyl (C=O) groups excluding carboxylic acids is 2. The van der Waals surface area contributed by atoms with Crippen molar-refractivity contribution in [3.8, 4) is 0 Å². The Bertz CT molecular complexity index is 267. The SMILES string of the molecule is CCC(CO)OC(COC(=O)CCCC(N)=O)OC. The first-order chi connectivity index (χ1) is 9.03. The lowest BCUT2D eigenvalue weighted by molar-refractivity contribution is -0.194. The van der Waals surface area contributed by atoms with Gasteiger partial charge in [-0.1, -0.05) is 6.92 Å². The number of rotatable bonds is 11. The molecule has 0 heterocycles. The number of esters is 1. The van der Waals surface area contributed by atoms with Crippen LogP contribution < -0.4 is 5.73 Å². The number of primary amides is 1. The zero-order valence-corrected chi connectivity index (χ0v) is 11.5. The molecular formula is C12H23NO6. The summed E-state index contributed by atoms with van der Waals surface area (Å²) >= 11 is 0. The van der Waals surface area contributed by atoms with Crippen LogP contribution in [0.3, 0.4) is 0 Å². The molecule has 0 spiro atoms. The van der Waals surface area contributed by atoms with Crippen molar-refractivity contribution in [1.29, 1.82) is 0 Å². The molecule has 0 radical (unpaired) electrons. The average molecular weight is 277 g/mol. The quantitative estimate of drug-likeness (QED) is 0.405. The summed E-state index contributed by atoms with van der Waals surface area (Å²) in [6, 6.07) is 0. The molecule has 19 heavy (non-hydrogen) atoms. The van der Waals surface area contributed by atoms with Crippen molar-refractivity contribution < 1.29 is 28.9 Å². The minimum atomic E-state index is -0.711. The fraction of sp³-hybridized carbons (Fsp3) is 0.833. The van der Waals surface area contributed by atoms with E-state index in [2.05, 4.69) is 0 Å². The Morgan fingerprint density at radius 1 is 1.32 bits per heavy atom. The van der Waals surface area contributed by atoms with Gasteiger partial charge >= 0.3 is 5.97 Å². The van der Waals surface area contributed by atoms with Crippen LogP contribution in [-0.2, 0) is 23.8 Å². The number of hydrogen-bond donors (Lipinski definition) is 2. The van der Waals surface area contributed by atoms with E-state index in [0.717, 1.165) is 0 Å². The third kappa shape index (κ3) is 9.40. The number of carbonyl (C=O) groups is 2. The molecule has 0 aliphatic heterocycles. The molecule has 0 aliphatic rings. The smallest absolute Gasteiger partial charge is 0.305 e. The third-order valence-corrected chi connectivity index (χ3v) is 2.45. The molecule has 0 aliphatic carbocycles. The minimum absolute atomic E-state index is 0.0532. The monoisotopic (exact) mass is 277 g/mol. The lowest BCUT2D eigenvalue weighted by Crippen LogP contribution is -2.30. The molecule has 3 N–H and O–H groups in total. The van der Waals surface area contributed by atoms with Crippen molar-refractivity contribution in [1.82, 2.24) is 0 Å². The second-order valence-electron chi connectivity index (χ2n) is 4.02. The number of ether oxygens (including phenoxy) is 3. The van der Waals surface area contributed by atoms with Crippen LogP contribution in [0.5, 0.6) is 0 Å². The fourth-order valence-corrected chi connectivity index (χ4v) is 1.29. The first kappa shape index (κ1) is 17.8. The maximum atomic E-state index is 11.3. The number of hydrogen-bond acceptors (Lipinski definition) is 6. The predicted molar refractivity (Wildman–Crippen MR) is 67.1 cm³/mol. The van der Waals surface area contributed by atoms with Crippen molar-refractivity contribution in [3.05, 3.63) is 0 Å². The lowest BCUT2D eigenvalue weighted by Gasteiger charge is -2.21. The van der Waals surface area contributed by atoms with Gasteiger partial charge in [0.05, 0.1) is 12.7 Å². The van der Waals surface area contributed by atoms with E-state index in [1.54, 1.807) is 0 Å². The molecule has 0 aromatic carbocycles. The maximum Gasteiger partial charge on any atom is 0.305 e. The highest BCUT2D eigenvalue weighted by Gasteiger charge is 2.16.